The molecule has 176 valence electrons. The Hall–Kier alpha value is -1.04. The van der Waals surface area contributed by atoms with E-state index in [1.807, 2.05) is 0 Å². The number of unbranched alkanes of at least 4 members (excludes halogenated alkanes) is 1. The van der Waals surface area contributed by atoms with Crippen molar-refractivity contribution in [3.8, 4) is 5.75 Å². The first-order valence-electron chi connectivity index (χ1n) is 12.3. The lowest BCUT2D eigenvalue weighted by Gasteiger charge is -2.37. The Bertz CT molecular complexity index is 640. The number of hydrogen-bond donors (Lipinski definition) is 0. The van der Waals surface area contributed by atoms with Crippen molar-refractivity contribution in [1.29, 1.82) is 0 Å². The molecule has 1 heterocycles. The number of aryl methyl sites for hydroxylation is 1. The Morgan fingerprint density at radius 1 is 0.968 bits per heavy atom. The molecular formula is C25H38F4OSi. The van der Waals surface area contributed by atoms with Crippen LogP contribution in [-0.4, -0.2) is 28.5 Å². The Morgan fingerprint density at radius 2 is 1.68 bits per heavy atom. The van der Waals surface area contributed by atoms with Crippen LogP contribution >= 0.6 is 0 Å². The molecule has 1 aliphatic heterocycles. The van der Waals surface area contributed by atoms with Crippen molar-refractivity contribution in [2.75, 3.05) is 13.3 Å². The summed E-state index contributed by atoms with van der Waals surface area (Å²) in [6.07, 6.45) is 9.22. The van der Waals surface area contributed by atoms with E-state index in [9.17, 15) is 17.6 Å². The van der Waals surface area contributed by atoms with Gasteiger partial charge in [-0.15, -0.1) is 0 Å². The summed E-state index contributed by atoms with van der Waals surface area (Å²) in [6, 6.07) is 9.00. The molecule has 0 N–H and O–H groups in total. The fourth-order valence-electron chi connectivity index (χ4n) is 5.76. The second-order valence-electron chi connectivity index (χ2n) is 9.75. The lowest BCUT2D eigenvalue weighted by Crippen LogP contribution is -2.28. The summed E-state index contributed by atoms with van der Waals surface area (Å²) in [7, 11) is -0.570. The number of ether oxygens (including phenoxy) is 1. The highest BCUT2D eigenvalue weighted by molar-refractivity contribution is 6.58. The monoisotopic (exact) mass is 458 g/mol. The molecule has 3 rings (SSSR count). The molecule has 1 aromatic rings. The van der Waals surface area contributed by atoms with Crippen molar-refractivity contribution >= 4 is 8.80 Å². The van der Waals surface area contributed by atoms with Crippen LogP contribution in [0.4, 0.5) is 17.6 Å². The third-order valence-electron chi connectivity index (χ3n) is 7.65. The van der Waals surface area contributed by atoms with E-state index in [-0.39, 0.29) is 12.4 Å². The number of hydrogen-bond acceptors (Lipinski definition) is 1. The van der Waals surface area contributed by atoms with Crippen molar-refractivity contribution in [3.63, 3.8) is 0 Å². The molecule has 1 aliphatic carbocycles. The van der Waals surface area contributed by atoms with Gasteiger partial charge >= 0.3 is 0 Å². The second kappa shape index (κ2) is 12.9. The summed E-state index contributed by atoms with van der Waals surface area (Å²) in [5.41, 5.74) is 0.917. The predicted molar refractivity (Wildman–Crippen MR) is 121 cm³/mol. The molecular weight excluding hydrogens is 420 g/mol. The van der Waals surface area contributed by atoms with Crippen LogP contribution in [0.25, 0.3) is 0 Å². The molecule has 0 spiro atoms. The standard InChI is InChI=1S/C25H38F4OSi/c26-13-1-2-14-31-15-11-22(12-16-31)21-8-5-19(6-9-21)3-4-20-7-10-24(23(27)17-20)30-18-25(28)29/h7,10,17,19,21-22,25,31H,1-6,8-9,11-16,18H2/t19-,21-,22-,31-. The van der Waals surface area contributed by atoms with E-state index in [1.54, 1.807) is 6.07 Å². The normalized spacial score (nSPS) is 26.9. The molecule has 1 aromatic carbocycles. The number of halogens is 4. The average Bonchev–Trinajstić information content (AvgIpc) is 2.78. The summed E-state index contributed by atoms with van der Waals surface area (Å²) in [6.45, 7) is -0.925. The van der Waals surface area contributed by atoms with Gasteiger partial charge in [0.15, 0.2) is 11.6 Å². The van der Waals surface area contributed by atoms with Crippen LogP contribution < -0.4 is 4.74 Å². The molecule has 1 nitrogen and oxygen atoms in total. The molecule has 6 heteroatoms. The largest absolute Gasteiger partial charge is 0.485 e. The summed E-state index contributed by atoms with van der Waals surface area (Å²) in [4.78, 5) is 0. The van der Waals surface area contributed by atoms with Gasteiger partial charge in [-0.25, -0.2) is 13.2 Å². The van der Waals surface area contributed by atoms with Crippen LogP contribution in [0.5, 0.6) is 5.75 Å². The Kier molecular flexibility index (Phi) is 10.2. The van der Waals surface area contributed by atoms with Crippen LogP contribution in [0.1, 0.15) is 63.4 Å². The molecule has 1 saturated heterocycles. The minimum atomic E-state index is -2.60. The maximum atomic E-state index is 14.1. The first kappa shape index (κ1) is 24.6. The van der Waals surface area contributed by atoms with Gasteiger partial charge in [-0.2, -0.15) is 0 Å². The Morgan fingerprint density at radius 3 is 2.32 bits per heavy atom. The van der Waals surface area contributed by atoms with Gasteiger partial charge in [0.05, 0.1) is 6.67 Å². The van der Waals surface area contributed by atoms with Crippen molar-refractivity contribution in [2.45, 2.75) is 88.8 Å². The van der Waals surface area contributed by atoms with Gasteiger partial charge in [-0.3, -0.25) is 4.39 Å². The van der Waals surface area contributed by atoms with Gasteiger partial charge in [0, 0.05) is 8.80 Å². The van der Waals surface area contributed by atoms with Crippen molar-refractivity contribution in [2.24, 2.45) is 17.8 Å². The van der Waals surface area contributed by atoms with Crippen LogP contribution in [0.3, 0.4) is 0 Å². The Labute approximate surface area is 186 Å². The molecule has 0 bridgehead atoms. The molecule has 1 saturated carbocycles. The first-order valence-corrected chi connectivity index (χ1v) is 14.8. The van der Waals surface area contributed by atoms with Gasteiger partial charge in [-0.05, 0) is 67.6 Å². The lowest BCUT2D eigenvalue weighted by molar-refractivity contribution is 0.0799. The zero-order chi connectivity index (χ0) is 22.1. The molecule has 2 fully saturated rings. The van der Waals surface area contributed by atoms with Crippen LogP contribution in [-0.2, 0) is 6.42 Å². The third-order valence-corrected chi connectivity index (χ3v) is 11.2. The van der Waals surface area contributed by atoms with Gasteiger partial charge in [0.1, 0.15) is 6.61 Å². The summed E-state index contributed by atoms with van der Waals surface area (Å²) in [5, 5.41) is 0. The summed E-state index contributed by atoms with van der Waals surface area (Å²) >= 11 is 0. The number of alkyl halides is 3. The fourth-order valence-corrected chi connectivity index (χ4v) is 9.30. The van der Waals surface area contributed by atoms with Gasteiger partial charge < -0.3 is 4.74 Å². The molecule has 0 atom stereocenters. The SMILES string of the molecule is FCCCC[Si@H]1CC[C@H]([C@H]2CC[C@H](CCc3ccc(OCC(F)F)c(F)c3)CC2)CC1. The number of benzene rings is 1. The first-order chi connectivity index (χ1) is 15.0. The van der Waals surface area contributed by atoms with Crippen LogP contribution in [0, 0.1) is 23.6 Å². The fraction of sp³-hybridized carbons (Fsp3) is 0.760. The smallest absolute Gasteiger partial charge is 0.272 e. The quantitative estimate of drug-likeness (QED) is 0.188. The molecule has 2 aliphatic rings. The zero-order valence-electron chi connectivity index (χ0n) is 18.6. The maximum Gasteiger partial charge on any atom is 0.272 e. The van der Waals surface area contributed by atoms with Gasteiger partial charge in [-0.1, -0.05) is 56.3 Å². The van der Waals surface area contributed by atoms with E-state index in [1.165, 1.54) is 68.8 Å². The van der Waals surface area contributed by atoms with Crippen molar-refractivity contribution < 1.29 is 22.3 Å². The lowest BCUT2D eigenvalue weighted by atomic mass is 9.73. The molecule has 0 radical (unpaired) electrons. The molecule has 0 aromatic heterocycles. The predicted octanol–water partition coefficient (Wildman–Crippen LogP) is 7.60. The maximum absolute atomic E-state index is 14.1. The molecule has 31 heavy (non-hydrogen) atoms. The molecule has 0 amide bonds. The number of rotatable bonds is 11. The van der Waals surface area contributed by atoms with E-state index >= 15 is 0 Å². The highest BCUT2D eigenvalue weighted by atomic mass is 28.3. The van der Waals surface area contributed by atoms with E-state index in [2.05, 4.69) is 0 Å². The topological polar surface area (TPSA) is 9.23 Å². The highest BCUT2D eigenvalue weighted by Crippen LogP contribution is 2.42. The second-order valence-corrected chi connectivity index (χ2v) is 13.2. The van der Waals surface area contributed by atoms with Crippen molar-refractivity contribution in [1.82, 2.24) is 0 Å². The van der Waals surface area contributed by atoms with E-state index in [0.29, 0.717) is 5.92 Å². The minimum absolute atomic E-state index is 0.0928. The third kappa shape index (κ3) is 8.10. The Balaban J connectivity index is 1.34. The van der Waals surface area contributed by atoms with Crippen LogP contribution in [0.2, 0.25) is 18.1 Å². The average molecular weight is 459 g/mol. The zero-order valence-corrected chi connectivity index (χ0v) is 19.8. The van der Waals surface area contributed by atoms with Gasteiger partial charge in [0.2, 0.25) is 0 Å². The summed E-state index contributed by atoms with van der Waals surface area (Å²) in [5.74, 6) is 1.87. The van der Waals surface area contributed by atoms with E-state index in [4.69, 9.17) is 4.74 Å². The molecule has 0 unspecified atom stereocenters. The van der Waals surface area contributed by atoms with E-state index < -0.39 is 27.6 Å². The summed E-state index contributed by atoms with van der Waals surface area (Å²) < 4.78 is 55.6. The van der Waals surface area contributed by atoms with Crippen LogP contribution in [0.15, 0.2) is 18.2 Å². The van der Waals surface area contributed by atoms with Crippen molar-refractivity contribution in [3.05, 3.63) is 29.6 Å². The highest BCUT2D eigenvalue weighted by Gasteiger charge is 2.31. The van der Waals surface area contributed by atoms with Gasteiger partial charge in [0.25, 0.3) is 6.43 Å². The minimum Gasteiger partial charge on any atom is -0.485 e. The van der Waals surface area contributed by atoms with E-state index in [0.717, 1.165) is 43.1 Å².